The zero-order valence-electron chi connectivity index (χ0n) is 41.3. The van der Waals surface area contributed by atoms with E-state index in [1.165, 1.54) is 12.8 Å². The smallest absolute Gasteiger partial charge is 0.174 e. The topological polar surface area (TPSA) is 144 Å². The lowest BCUT2D eigenvalue weighted by molar-refractivity contribution is -0.289. The Balaban J connectivity index is 0.696. The second kappa shape index (κ2) is 11.8. The summed E-state index contributed by atoms with van der Waals surface area (Å²) in [5.74, 6) is 1.11. The molecule has 0 amide bonds. The van der Waals surface area contributed by atoms with Gasteiger partial charge in [-0.3, -0.25) is 0 Å². The van der Waals surface area contributed by atoms with Crippen molar-refractivity contribution >= 4 is 0 Å². The van der Waals surface area contributed by atoms with Gasteiger partial charge in [0, 0.05) is 58.7 Å². The number of hydrogen-bond donors (Lipinski definition) is 5. The maximum Gasteiger partial charge on any atom is 0.174 e. The minimum Gasteiger partial charge on any atom is -0.393 e. The van der Waals surface area contributed by atoms with Gasteiger partial charge < -0.3 is 54.3 Å². The van der Waals surface area contributed by atoms with Gasteiger partial charge >= 0.3 is 0 Å². The Kier molecular flexibility index (Phi) is 7.58. The molecule has 2 bridgehead atoms. The predicted molar refractivity (Wildman–Crippen MR) is 242 cm³/mol. The van der Waals surface area contributed by atoms with E-state index in [-0.39, 0.29) is 69.7 Å². The third-order valence-electron chi connectivity index (χ3n) is 26.2. The van der Waals surface area contributed by atoms with Crippen LogP contribution in [0.1, 0.15) is 159 Å². The molecule has 4 spiro atoms. The van der Waals surface area contributed by atoms with Crippen molar-refractivity contribution < 1.29 is 44.5 Å². The third kappa shape index (κ3) is 4.16. The molecular weight excluding hydrogens is 833 g/mol. The van der Waals surface area contributed by atoms with Crippen LogP contribution in [0.25, 0.3) is 0 Å². The standard InChI is InChI=1S/C55H80N2O9/c1-10-46(5)14-16-51(66-46)27(2)44-39(64-51)19-33-31-12-11-29-17-36-37(24-47(29,6)32(31)20-40(59)49(33,44)8)57-53-23-30-18-38(58)43-34(48(30,7)25-54(53,57)56(36)53)21-41(60)50(9)35(43)22-42-55(50,62)28(3)52(65-42)15-13-45(4,61)26-63-52/h22,27-34,38-44,58-62H,10-21,23-26H2,1-9H3/t27-,28+,29-,30-,31+,32-,33-,34-,38-,39-,40+,41+,42-,43+,44-,45-,46-,47-,48-,49+,50+,51+,52+,53?,54?,55+,56?,57?/m0/s1. The van der Waals surface area contributed by atoms with Crippen LogP contribution in [-0.2, 0) is 18.9 Å². The van der Waals surface area contributed by atoms with Gasteiger partial charge in [0.15, 0.2) is 22.9 Å². The van der Waals surface area contributed by atoms with Gasteiger partial charge in [-0.1, -0.05) is 60.1 Å². The van der Waals surface area contributed by atoms with E-state index < -0.39 is 52.4 Å². The first-order valence-electron chi connectivity index (χ1n) is 27.2. The van der Waals surface area contributed by atoms with E-state index in [0.29, 0.717) is 54.8 Å². The van der Waals surface area contributed by atoms with Crippen molar-refractivity contribution in [3.8, 4) is 0 Å². The number of allylic oxidation sites excluding steroid dienone is 2. The SMILES string of the molecule is CC[C@@]1(C)CC[C@@]2(O[C@H]3C[C@H]4[C@@H]5CC[C@H]6CC7=C(C[C@]6(C)[C@H]5C[C@@H](O)[C@]4(C)[C@H]3[C@@H]2C)N2C34C[C@@H]5C[C@H](O)[C@H]6C8=C[C@@H]9O[C@]%10(CC[C@](C)(O)CO%10)[C@@H](C)[C@]9(O)[C@@]8(C)[C@H](O)C[C@@H]6[C@@]5(C)CC23N74)O1. The third-order valence-corrected chi connectivity index (χ3v) is 26.2. The first-order valence-corrected chi connectivity index (χ1v) is 27.2. The van der Waals surface area contributed by atoms with Crippen molar-refractivity contribution in [1.29, 1.82) is 0 Å². The van der Waals surface area contributed by atoms with Gasteiger partial charge in [-0.05, 0) is 144 Å². The maximum atomic E-state index is 13.0. The molecule has 12 fully saturated rings. The van der Waals surface area contributed by atoms with E-state index in [1.54, 1.807) is 18.3 Å². The number of aliphatic hydroxyl groups is 5. The molecule has 0 aromatic heterocycles. The molecule has 11 heteroatoms. The highest BCUT2D eigenvalue weighted by Gasteiger charge is 3.03. The summed E-state index contributed by atoms with van der Waals surface area (Å²) in [5.41, 5.74) is 0.763. The largest absolute Gasteiger partial charge is 0.393 e. The average Bonchev–Trinajstić information content (AvgIpc) is 3.55. The van der Waals surface area contributed by atoms with Gasteiger partial charge in [0.1, 0.15) is 11.7 Å². The Morgan fingerprint density at radius 1 is 0.758 bits per heavy atom. The van der Waals surface area contributed by atoms with Crippen LogP contribution in [0.2, 0.25) is 0 Å². The zero-order valence-corrected chi connectivity index (χ0v) is 41.3. The fraction of sp³-hybridized carbons (Fsp3) is 0.927. The lowest BCUT2D eigenvalue weighted by Crippen LogP contribution is -2.66. The lowest BCUT2D eigenvalue weighted by Gasteiger charge is -2.62. The minimum atomic E-state index is -1.40. The molecule has 26 atom stereocenters. The van der Waals surface area contributed by atoms with Crippen LogP contribution in [0, 0.1) is 80.8 Å². The molecular formula is C55H80N2O9. The molecule has 16 rings (SSSR count). The van der Waals surface area contributed by atoms with Crippen molar-refractivity contribution in [2.75, 3.05) is 6.61 Å². The quantitative estimate of drug-likeness (QED) is 0.138. The normalized spacial score (nSPS) is 67.2. The second-order valence-electron chi connectivity index (χ2n) is 28.1. The number of rotatable bonds is 1. The van der Waals surface area contributed by atoms with Gasteiger partial charge in [0.05, 0.1) is 42.2 Å². The average molecular weight is 913 g/mol. The minimum absolute atomic E-state index is 0.0279. The van der Waals surface area contributed by atoms with Gasteiger partial charge in [0.25, 0.3) is 0 Å². The molecule has 0 aromatic carbocycles. The molecule has 8 aliphatic heterocycles. The summed E-state index contributed by atoms with van der Waals surface area (Å²) in [6.07, 6.45) is 14.1. The van der Waals surface area contributed by atoms with Crippen LogP contribution in [0.15, 0.2) is 23.0 Å². The van der Waals surface area contributed by atoms with Crippen LogP contribution < -0.4 is 0 Å². The summed E-state index contributed by atoms with van der Waals surface area (Å²) < 4.78 is 27.2. The monoisotopic (exact) mass is 913 g/mol. The number of ether oxygens (including phenoxy) is 4. The molecule has 2 unspecified atom stereocenters. The van der Waals surface area contributed by atoms with Crippen molar-refractivity contribution in [2.24, 2.45) is 80.8 Å². The summed E-state index contributed by atoms with van der Waals surface area (Å²) in [7, 11) is 0. The molecule has 8 heterocycles. The Morgan fingerprint density at radius 3 is 2.23 bits per heavy atom. The molecule has 6 saturated heterocycles. The van der Waals surface area contributed by atoms with E-state index in [1.807, 2.05) is 13.8 Å². The molecule has 6 saturated carbocycles. The lowest BCUT2D eigenvalue weighted by atomic mass is 9.44. The van der Waals surface area contributed by atoms with E-state index in [0.717, 1.165) is 69.8 Å². The Bertz CT molecular complexity index is 2290. The Labute approximate surface area is 392 Å². The van der Waals surface area contributed by atoms with E-state index in [4.69, 9.17) is 18.9 Å². The number of fused-ring (bicyclic) bond motifs is 14. The molecule has 16 aliphatic rings. The molecule has 5 N–H and O–H groups in total. The van der Waals surface area contributed by atoms with E-state index in [9.17, 15) is 25.5 Å². The second-order valence-corrected chi connectivity index (χ2v) is 28.1. The van der Waals surface area contributed by atoms with E-state index in [2.05, 4.69) is 57.4 Å². The summed E-state index contributed by atoms with van der Waals surface area (Å²) >= 11 is 0. The van der Waals surface area contributed by atoms with Crippen LogP contribution in [0.4, 0.5) is 0 Å². The maximum absolute atomic E-state index is 13.0. The van der Waals surface area contributed by atoms with Gasteiger partial charge in [-0.25, -0.2) is 0 Å². The van der Waals surface area contributed by atoms with Crippen LogP contribution in [0.3, 0.4) is 0 Å². The molecule has 66 heavy (non-hydrogen) atoms. The highest BCUT2D eigenvalue weighted by Crippen LogP contribution is 2.91. The fourth-order valence-electron chi connectivity index (χ4n) is 22.3. The molecule has 364 valence electrons. The number of hydrogen-bond acceptors (Lipinski definition) is 11. The first kappa shape index (κ1) is 42.4. The van der Waals surface area contributed by atoms with Crippen molar-refractivity contribution in [3.63, 3.8) is 0 Å². The van der Waals surface area contributed by atoms with Crippen LogP contribution >= 0.6 is 0 Å². The summed E-state index contributed by atoms with van der Waals surface area (Å²) in [4.78, 5) is 5.76. The highest BCUT2D eigenvalue weighted by atomic mass is 16.7. The van der Waals surface area contributed by atoms with Crippen LogP contribution in [0.5, 0.6) is 0 Å². The molecule has 0 radical (unpaired) electrons. The fourth-order valence-corrected chi connectivity index (χ4v) is 22.3. The van der Waals surface area contributed by atoms with Gasteiger partial charge in [-0.2, -0.15) is 0 Å². The number of nitrogens with zero attached hydrogens (tertiary/aromatic N) is 2. The van der Waals surface area contributed by atoms with Crippen LogP contribution in [-0.4, -0.2) is 112 Å². The van der Waals surface area contributed by atoms with Gasteiger partial charge in [-0.15, -0.1) is 0 Å². The summed E-state index contributed by atoms with van der Waals surface area (Å²) in [6, 6.07) is 0. The van der Waals surface area contributed by atoms with Crippen molar-refractivity contribution in [2.45, 2.75) is 229 Å². The predicted octanol–water partition coefficient (Wildman–Crippen LogP) is 6.94. The summed E-state index contributed by atoms with van der Waals surface area (Å²) in [5, 5.41) is 61.4. The van der Waals surface area contributed by atoms with E-state index >= 15 is 0 Å². The number of aliphatic hydroxyl groups excluding tert-OH is 3. The highest BCUT2D eigenvalue weighted by molar-refractivity contribution is 5.61. The Morgan fingerprint density at radius 2 is 1.50 bits per heavy atom. The van der Waals surface area contributed by atoms with Crippen molar-refractivity contribution in [3.05, 3.63) is 23.0 Å². The van der Waals surface area contributed by atoms with Gasteiger partial charge in [0.2, 0.25) is 0 Å². The van der Waals surface area contributed by atoms with Crippen molar-refractivity contribution in [1.82, 2.24) is 9.80 Å². The first-order chi connectivity index (χ1) is 31.0. The Hall–Kier alpha value is -1.28. The molecule has 11 nitrogen and oxygen atoms in total. The zero-order chi connectivity index (χ0) is 45.9. The molecule has 0 aromatic rings. The summed E-state index contributed by atoms with van der Waals surface area (Å²) in [6.45, 7) is 20.4. The molecule has 8 aliphatic carbocycles.